The summed E-state index contributed by atoms with van der Waals surface area (Å²) in [6.45, 7) is 7.88. The normalized spacial score (nSPS) is 24.6. The number of rotatable bonds is 4. The molecule has 9 heteroatoms. The Bertz CT molecular complexity index is 770. The monoisotopic (exact) mass is 522 g/mol. The molecule has 1 aromatic rings. The standard InChI is InChI=1S/C19H30N4O3S.HI/c1-15-4-3-9-23(13-15)27(24,25)18-7-5-17(6-8-18)12-21-19(20)22-10-11-26-16(2)14-22;/h5-8,15-16H,3-4,9-14H2,1-2H3,(H2,20,21);1H. The van der Waals surface area contributed by atoms with E-state index in [1.165, 1.54) is 0 Å². The van der Waals surface area contributed by atoms with Crippen LogP contribution in [0.5, 0.6) is 0 Å². The lowest BCUT2D eigenvalue weighted by molar-refractivity contribution is 0.00529. The first kappa shape index (κ1) is 23.4. The van der Waals surface area contributed by atoms with Crippen molar-refractivity contribution in [2.75, 3.05) is 32.8 Å². The number of sulfonamides is 1. The lowest BCUT2D eigenvalue weighted by Crippen LogP contribution is -2.47. The molecule has 2 heterocycles. The minimum absolute atomic E-state index is 0. The molecule has 2 aliphatic heterocycles. The minimum Gasteiger partial charge on any atom is -0.375 e. The van der Waals surface area contributed by atoms with Crippen molar-refractivity contribution in [2.45, 2.75) is 44.2 Å². The molecule has 0 spiro atoms. The van der Waals surface area contributed by atoms with Gasteiger partial charge in [-0.1, -0.05) is 19.1 Å². The number of hydrogen-bond donors (Lipinski definition) is 1. The topological polar surface area (TPSA) is 88.2 Å². The van der Waals surface area contributed by atoms with Gasteiger partial charge in [0, 0.05) is 26.2 Å². The highest BCUT2D eigenvalue weighted by molar-refractivity contribution is 14.0. The van der Waals surface area contributed by atoms with Gasteiger partial charge in [0.1, 0.15) is 0 Å². The highest BCUT2D eigenvalue weighted by Gasteiger charge is 2.28. The molecular weight excluding hydrogens is 491 g/mol. The number of piperidine rings is 1. The van der Waals surface area contributed by atoms with E-state index in [1.807, 2.05) is 24.0 Å². The number of nitrogens with two attached hydrogens (primary N) is 1. The molecule has 0 amide bonds. The van der Waals surface area contributed by atoms with Gasteiger partial charge in [0.05, 0.1) is 24.2 Å². The quantitative estimate of drug-likeness (QED) is 0.373. The van der Waals surface area contributed by atoms with E-state index in [1.54, 1.807) is 16.4 Å². The highest BCUT2D eigenvalue weighted by Crippen LogP contribution is 2.23. The van der Waals surface area contributed by atoms with Gasteiger partial charge < -0.3 is 15.4 Å². The van der Waals surface area contributed by atoms with Crippen LogP contribution in [0.3, 0.4) is 0 Å². The molecule has 0 aliphatic carbocycles. The van der Waals surface area contributed by atoms with Crippen molar-refractivity contribution in [3.63, 3.8) is 0 Å². The predicted molar refractivity (Wildman–Crippen MR) is 121 cm³/mol. The fourth-order valence-electron chi connectivity index (χ4n) is 3.58. The van der Waals surface area contributed by atoms with Crippen LogP contribution >= 0.6 is 24.0 Å². The molecule has 0 saturated carbocycles. The molecule has 2 fully saturated rings. The van der Waals surface area contributed by atoms with Gasteiger partial charge in [0.2, 0.25) is 10.0 Å². The lowest BCUT2D eigenvalue weighted by atomic mass is 10.0. The molecule has 2 N–H and O–H groups in total. The Kier molecular flexibility index (Phi) is 8.53. The van der Waals surface area contributed by atoms with E-state index >= 15 is 0 Å². The second-order valence-corrected chi connectivity index (χ2v) is 9.49. The smallest absolute Gasteiger partial charge is 0.243 e. The van der Waals surface area contributed by atoms with Crippen LogP contribution in [0.25, 0.3) is 0 Å². The van der Waals surface area contributed by atoms with Crippen LogP contribution in [0.1, 0.15) is 32.3 Å². The zero-order chi connectivity index (χ0) is 19.4. The Morgan fingerprint density at radius 3 is 2.57 bits per heavy atom. The Hall–Kier alpha value is -0.910. The van der Waals surface area contributed by atoms with Crippen LogP contribution in [0, 0.1) is 5.92 Å². The lowest BCUT2D eigenvalue weighted by Gasteiger charge is -2.31. The van der Waals surface area contributed by atoms with E-state index in [0.717, 1.165) is 31.5 Å². The predicted octanol–water partition coefficient (Wildman–Crippen LogP) is 2.26. The van der Waals surface area contributed by atoms with E-state index in [4.69, 9.17) is 10.5 Å². The number of aliphatic imine (C=N–C) groups is 1. The molecule has 2 atom stereocenters. The van der Waals surface area contributed by atoms with E-state index in [9.17, 15) is 8.42 Å². The van der Waals surface area contributed by atoms with Crippen LogP contribution in [0.15, 0.2) is 34.2 Å². The molecule has 28 heavy (non-hydrogen) atoms. The average molecular weight is 522 g/mol. The first-order chi connectivity index (χ1) is 12.9. The van der Waals surface area contributed by atoms with E-state index in [0.29, 0.717) is 43.0 Å². The number of halogens is 1. The van der Waals surface area contributed by atoms with Crippen LogP contribution < -0.4 is 5.73 Å². The van der Waals surface area contributed by atoms with Crippen molar-refractivity contribution in [2.24, 2.45) is 16.6 Å². The molecule has 3 rings (SSSR count). The third-order valence-corrected chi connectivity index (χ3v) is 7.05. The average Bonchev–Trinajstić information content (AvgIpc) is 2.66. The molecule has 0 bridgehead atoms. The van der Waals surface area contributed by atoms with Crippen molar-refractivity contribution >= 4 is 40.0 Å². The third-order valence-electron chi connectivity index (χ3n) is 5.17. The second kappa shape index (κ2) is 10.2. The first-order valence-corrected chi connectivity index (χ1v) is 11.1. The molecule has 0 radical (unpaired) electrons. The van der Waals surface area contributed by atoms with Crippen molar-refractivity contribution in [1.29, 1.82) is 0 Å². The molecule has 7 nitrogen and oxygen atoms in total. The maximum absolute atomic E-state index is 12.8. The van der Waals surface area contributed by atoms with Crippen LogP contribution in [-0.2, 0) is 21.3 Å². The van der Waals surface area contributed by atoms with Gasteiger partial charge in [-0.05, 0) is 43.4 Å². The maximum Gasteiger partial charge on any atom is 0.243 e. The first-order valence-electron chi connectivity index (χ1n) is 9.62. The van der Waals surface area contributed by atoms with E-state index in [2.05, 4.69) is 11.9 Å². The molecule has 158 valence electrons. The van der Waals surface area contributed by atoms with Gasteiger partial charge >= 0.3 is 0 Å². The molecule has 2 aliphatic rings. The molecule has 2 saturated heterocycles. The summed E-state index contributed by atoms with van der Waals surface area (Å²) in [6.07, 6.45) is 2.16. The summed E-state index contributed by atoms with van der Waals surface area (Å²) < 4.78 is 32.7. The molecule has 0 aromatic heterocycles. The summed E-state index contributed by atoms with van der Waals surface area (Å²) in [7, 11) is -3.42. The van der Waals surface area contributed by atoms with Crippen molar-refractivity contribution in [3.8, 4) is 0 Å². The Balaban J connectivity index is 0.00000280. The molecule has 2 unspecified atom stereocenters. The van der Waals surface area contributed by atoms with Gasteiger partial charge in [-0.15, -0.1) is 24.0 Å². The summed E-state index contributed by atoms with van der Waals surface area (Å²) in [5.41, 5.74) is 7.02. The summed E-state index contributed by atoms with van der Waals surface area (Å²) in [6, 6.07) is 6.98. The Morgan fingerprint density at radius 1 is 1.21 bits per heavy atom. The number of ether oxygens (including phenoxy) is 1. The SMILES string of the molecule is CC1CCCN(S(=O)(=O)c2ccc(CN=C(N)N3CCOC(C)C3)cc2)C1.I. The Labute approximate surface area is 185 Å². The van der Waals surface area contributed by atoms with Gasteiger partial charge in [0.15, 0.2) is 5.96 Å². The zero-order valence-corrected chi connectivity index (χ0v) is 19.7. The van der Waals surface area contributed by atoms with Gasteiger partial charge in [-0.25, -0.2) is 13.4 Å². The fourth-order valence-corrected chi connectivity index (χ4v) is 5.18. The highest BCUT2D eigenvalue weighted by atomic mass is 127. The Morgan fingerprint density at radius 2 is 1.93 bits per heavy atom. The van der Waals surface area contributed by atoms with Gasteiger partial charge in [-0.3, -0.25) is 0 Å². The molecule has 1 aromatic carbocycles. The largest absolute Gasteiger partial charge is 0.375 e. The third kappa shape index (κ3) is 5.80. The summed E-state index contributed by atoms with van der Waals surface area (Å²) in [4.78, 5) is 6.81. The van der Waals surface area contributed by atoms with Crippen LogP contribution in [0.2, 0.25) is 0 Å². The molecular formula is C19H31IN4O3S. The van der Waals surface area contributed by atoms with E-state index < -0.39 is 10.0 Å². The zero-order valence-electron chi connectivity index (χ0n) is 16.6. The number of hydrogen-bond acceptors (Lipinski definition) is 4. The summed E-state index contributed by atoms with van der Waals surface area (Å²) >= 11 is 0. The van der Waals surface area contributed by atoms with Crippen LogP contribution in [-0.4, -0.2) is 62.5 Å². The number of guanidine groups is 1. The van der Waals surface area contributed by atoms with Crippen molar-refractivity contribution < 1.29 is 13.2 Å². The van der Waals surface area contributed by atoms with Crippen LogP contribution in [0.4, 0.5) is 0 Å². The fraction of sp³-hybridized carbons (Fsp3) is 0.632. The number of benzene rings is 1. The second-order valence-electron chi connectivity index (χ2n) is 7.56. The van der Waals surface area contributed by atoms with Crippen molar-refractivity contribution in [1.82, 2.24) is 9.21 Å². The van der Waals surface area contributed by atoms with Gasteiger partial charge in [-0.2, -0.15) is 4.31 Å². The van der Waals surface area contributed by atoms with Crippen molar-refractivity contribution in [3.05, 3.63) is 29.8 Å². The van der Waals surface area contributed by atoms with Gasteiger partial charge in [0.25, 0.3) is 0 Å². The summed E-state index contributed by atoms with van der Waals surface area (Å²) in [5, 5.41) is 0. The summed E-state index contributed by atoms with van der Waals surface area (Å²) in [5.74, 6) is 0.914. The van der Waals surface area contributed by atoms with E-state index in [-0.39, 0.29) is 30.1 Å². The number of nitrogens with zero attached hydrogens (tertiary/aromatic N) is 3. The minimum atomic E-state index is -3.42. The maximum atomic E-state index is 12.8. The number of morpholine rings is 1.